The number of hydrogen-bond acceptors (Lipinski definition) is 4. The summed E-state index contributed by atoms with van der Waals surface area (Å²) in [5.41, 5.74) is 0.887. The van der Waals surface area contributed by atoms with Crippen LogP contribution in [0.1, 0.15) is 13.8 Å². The van der Waals surface area contributed by atoms with E-state index in [1.54, 1.807) is 7.11 Å². The second-order valence-electron chi connectivity index (χ2n) is 4.11. The zero-order valence-corrected chi connectivity index (χ0v) is 11.7. The fraction of sp³-hybridized carbons (Fsp3) is 0.500. The maximum Gasteiger partial charge on any atom is 0.242 e. The molecule has 19 heavy (non-hydrogen) atoms. The molecule has 0 heterocycles. The van der Waals surface area contributed by atoms with Crippen molar-refractivity contribution in [2.75, 3.05) is 32.2 Å². The molecule has 1 aromatic rings. The molecule has 1 amide bonds. The van der Waals surface area contributed by atoms with Gasteiger partial charge in [-0.25, -0.2) is 0 Å². The summed E-state index contributed by atoms with van der Waals surface area (Å²) in [7, 11) is 1.60. The molecule has 1 atom stereocenters. The van der Waals surface area contributed by atoms with Gasteiger partial charge in [0.2, 0.25) is 5.91 Å². The number of ether oxygens (including phenoxy) is 2. The van der Waals surface area contributed by atoms with Crippen molar-refractivity contribution in [2.45, 2.75) is 19.9 Å². The van der Waals surface area contributed by atoms with Gasteiger partial charge in [0.25, 0.3) is 0 Å². The van der Waals surface area contributed by atoms with Crippen molar-refractivity contribution in [3.63, 3.8) is 0 Å². The van der Waals surface area contributed by atoms with Gasteiger partial charge in [0, 0.05) is 19.3 Å². The van der Waals surface area contributed by atoms with Gasteiger partial charge in [-0.1, -0.05) is 0 Å². The molecule has 0 aliphatic rings. The van der Waals surface area contributed by atoms with E-state index in [0.29, 0.717) is 19.8 Å². The van der Waals surface area contributed by atoms with Gasteiger partial charge in [-0.2, -0.15) is 0 Å². The van der Waals surface area contributed by atoms with Gasteiger partial charge in [0.1, 0.15) is 11.8 Å². The Morgan fingerprint density at radius 2 is 2.00 bits per heavy atom. The summed E-state index contributed by atoms with van der Waals surface area (Å²) >= 11 is 0. The number of amides is 1. The van der Waals surface area contributed by atoms with Crippen LogP contribution < -0.4 is 15.4 Å². The Hall–Kier alpha value is -1.75. The molecule has 2 N–H and O–H groups in total. The maximum absolute atomic E-state index is 11.7. The fourth-order valence-electron chi connectivity index (χ4n) is 1.56. The van der Waals surface area contributed by atoms with Gasteiger partial charge in [-0.3, -0.25) is 4.79 Å². The van der Waals surface area contributed by atoms with Gasteiger partial charge in [-0.15, -0.1) is 0 Å². The average Bonchev–Trinajstić information content (AvgIpc) is 2.41. The van der Waals surface area contributed by atoms with Crippen molar-refractivity contribution in [1.29, 1.82) is 0 Å². The zero-order valence-electron chi connectivity index (χ0n) is 11.7. The molecule has 5 nitrogen and oxygen atoms in total. The molecule has 1 aromatic carbocycles. The zero-order chi connectivity index (χ0) is 14.1. The van der Waals surface area contributed by atoms with E-state index in [9.17, 15) is 4.79 Å². The van der Waals surface area contributed by atoms with Crippen LogP contribution in [0.2, 0.25) is 0 Å². The average molecular weight is 266 g/mol. The molecular formula is C14H22N2O3. The van der Waals surface area contributed by atoms with Crippen LogP contribution in [0.15, 0.2) is 24.3 Å². The van der Waals surface area contributed by atoms with Crippen molar-refractivity contribution < 1.29 is 14.3 Å². The van der Waals surface area contributed by atoms with Crippen molar-refractivity contribution in [3.05, 3.63) is 24.3 Å². The monoisotopic (exact) mass is 266 g/mol. The third-order valence-electron chi connectivity index (χ3n) is 2.55. The minimum Gasteiger partial charge on any atom is -0.494 e. The number of carbonyl (C=O) groups excluding carboxylic acids is 1. The third-order valence-corrected chi connectivity index (χ3v) is 2.55. The standard InChI is InChI=1S/C14H22N2O3/c1-4-19-13-7-5-12(6-8-13)16-11(2)14(17)15-9-10-18-3/h5-8,11,16H,4,9-10H2,1-3H3,(H,15,17). The Labute approximate surface area is 114 Å². The van der Waals surface area contributed by atoms with Gasteiger partial charge >= 0.3 is 0 Å². The van der Waals surface area contributed by atoms with Crippen LogP contribution in [0, 0.1) is 0 Å². The van der Waals surface area contributed by atoms with E-state index in [1.807, 2.05) is 38.1 Å². The summed E-state index contributed by atoms with van der Waals surface area (Å²) in [6.45, 7) is 5.44. The molecule has 0 aliphatic carbocycles. The van der Waals surface area contributed by atoms with E-state index in [1.165, 1.54) is 0 Å². The topological polar surface area (TPSA) is 59.6 Å². The summed E-state index contributed by atoms with van der Waals surface area (Å²) in [6, 6.07) is 7.24. The molecule has 5 heteroatoms. The predicted molar refractivity (Wildman–Crippen MR) is 75.6 cm³/mol. The number of hydrogen-bond donors (Lipinski definition) is 2. The second kappa shape index (κ2) is 8.37. The van der Waals surface area contributed by atoms with Crippen molar-refractivity contribution in [2.24, 2.45) is 0 Å². The highest BCUT2D eigenvalue weighted by molar-refractivity contribution is 5.84. The van der Waals surface area contributed by atoms with Crippen LogP contribution in [0.25, 0.3) is 0 Å². The third kappa shape index (κ3) is 5.61. The quantitative estimate of drug-likeness (QED) is 0.702. The van der Waals surface area contributed by atoms with Crippen LogP contribution in [0.5, 0.6) is 5.75 Å². The highest BCUT2D eigenvalue weighted by Crippen LogP contribution is 2.16. The number of carbonyl (C=O) groups is 1. The summed E-state index contributed by atoms with van der Waals surface area (Å²) in [6.07, 6.45) is 0. The van der Waals surface area contributed by atoms with Crippen molar-refractivity contribution >= 4 is 11.6 Å². The van der Waals surface area contributed by atoms with Crippen LogP contribution in [0.4, 0.5) is 5.69 Å². The molecule has 0 aliphatic heterocycles. The van der Waals surface area contributed by atoms with Gasteiger partial charge in [0.15, 0.2) is 0 Å². The maximum atomic E-state index is 11.7. The molecule has 106 valence electrons. The van der Waals surface area contributed by atoms with Crippen molar-refractivity contribution in [3.8, 4) is 5.75 Å². The Bertz CT molecular complexity index is 379. The smallest absolute Gasteiger partial charge is 0.242 e. The molecule has 0 radical (unpaired) electrons. The predicted octanol–water partition coefficient (Wildman–Crippen LogP) is 1.65. The number of benzene rings is 1. The van der Waals surface area contributed by atoms with E-state index in [2.05, 4.69) is 10.6 Å². The fourth-order valence-corrected chi connectivity index (χ4v) is 1.56. The SMILES string of the molecule is CCOc1ccc(NC(C)C(=O)NCCOC)cc1. The molecule has 0 saturated heterocycles. The first-order chi connectivity index (χ1) is 9.17. The van der Waals surface area contributed by atoms with E-state index < -0.39 is 0 Å². The molecule has 0 spiro atoms. The highest BCUT2D eigenvalue weighted by atomic mass is 16.5. The summed E-state index contributed by atoms with van der Waals surface area (Å²) in [4.78, 5) is 11.7. The molecule has 0 saturated carbocycles. The number of anilines is 1. The second-order valence-corrected chi connectivity index (χ2v) is 4.11. The molecule has 1 rings (SSSR count). The first-order valence-corrected chi connectivity index (χ1v) is 6.43. The molecular weight excluding hydrogens is 244 g/mol. The van der Waals surface area contributed by atoms with E-state index in [0.717, 1.165) is 11.4 Å². The first-order valence-electron chi connectivity index (χ1n) is 6.43. The molecule has 0 bridgehead atoms. The van der Waals surface area contributed by atoms with Crippen LogP contribution >= 0.6 is 0 Å². The lowest BCUT2D eigenvalue weighted by atomic mass is 10.2. The molecule has 0 aromatic heterocycles. The number of methoxy groups -OCH3 is 1. The molecule has 0 fully saturated rings. The first kappa shape index (κ1) is 15.3. The van der Waals surface area contributed by atoms with Crippen LogP contribution in [-0.4, -0.2) is 38.8 Å². The molecule has 1 unspecified atom stereocenters. The van der Waals surface area contributed by atoms with E-state index in [4.69, 9.17) is 9.47 Å². The van der Waals surface area contributed by atoms with Crippen molar-refractivity contribution in [1.82, 2.24) is 5.32 Å². The summed E-state index contributed by atoms with van der Waals surface area (Å²) in [5.74, 6) is 0.774. The number of nitrogens with one attached hydrogen (secondary N) is 2. The van der Waals surface area contributed by atoms with Crippen LogP contribution in [0.3, 0.4) is 0 Å². The lowest BCUT2D eigenvalue weighted by molar-refractivity contribution is -0.121. The minimum atomic E-state index is -0.296. The van der Waals surface area contributed by atoms with Crippen LogP contribution in [-0.2, 0) is 9.53 Å². The Morgan fingerprint density at radius 3 is 2.58 bits per heavy atom. The number of rotatable bonds is 8. The van der Waals surface area contributed by atoms with E-state index >= 15 is 0 Å². The Kier molecular flexibility index (Phi) is 6.74. The van der Waals surface area contributed by atoms with E-state index in [-0.39, 0.29) is 11.9 Å². The Balaban J connectivity index is 2.42. The summed E-state index contributed by atoms with van der Waals surface area (Å²) < 4.78 is 10.2. The largest absolute Gasteiger partial charge is 0.494 e. The lowest BCUT2D eigenvalue weighted by Gasteiger charge is -2.15. The van der Waals surface area contributed by atoms with Gasteiger partial charge < -0.3 is 20.1 Å². The lowest BCUT2D eigenvalue weighted by Crippen LogP contribution is -2.39. The van der Waals surface area contributed by atoms with Gasteiger partial charge in [-0.05, 0) is 38.1 Å². The minimum absolute atomic E-state index is 0.0501. The Morgan fingerprint density at radius 1 is 1.32 bits per heavy atom. The normalized spacial score (nSPS) is 11.7. The van der Waals surface area contributed by atoms with Gasteiger partial charge in [0.05, 0.1) is 13.2 Å². The highest BCUT2D eigenvalue weighted by Gasteiger charge is 2.11. The summed E-state index contributed by atoms with van der Waals surface area (Å²) in [5, 5.41) is 5.91.